The van der Waals surface area contributed by atoms with Crippen molar-refractivity contribution in [2.75, 3.05) is 6.54 Å². The smallest absolute Gasteiger partial charge is 0.275 e. The molecule has 2 aromatic rings. The van der Waals surface area contributed by atoms with Crippen LogP contribution in [0.15, 0.2) is 29.6 Å². The molecule has 2 heterocycles. The first kappa shape index (κ1) is 14.2. The van der Waals surface area contributed by atoms with Gasteiger partial charge in [-0.25, -0.2) is 5.84 Å². The van der Waals surface area contributed by atoms with E-state index in [-0.39, 0.29) is 5.91 Å². The van der Waals surface area contributed by atoms with Crippen LogP contribution < -0.4 is 11.3 Å². The molecule has 0 bridgehead atoms. The van der Waals surface area contributed by atoms with Crippen LogP contribution in [0.5, 0.6) is 0 Å². The van der Waals surface area contributed by atoms with Crippen LogP contribution in [0.2, 0.25) is 0 Å². The average molecular weight is 295 g/mol. The Morgan fingerprint density at radius 2 is 2.11 bits per heavy atom. The Balaban J connectivity index is 1.98. The molecular weight excluding hydrogens is 278 g/mol. The molecule has 0 atom stereocenters. The minimum absolute atomic E-state index is 0.224. The van der Waals surface area contributed by atoms with E-state index in [4.69, 9.17) is 5.84 Å². The highest BCUT2D eigenvalue weighted by Crippen LogP contribution is 2.20. The summed E-state index contributed by atoms with van der Waals surface area (Å²) in [6.45, 7) is 4.93. The van der Waals surface area contributed by atoms with E-state index < -0.39 is 0 Å². The first-order valence-electron chi connectivity index (χ1n) is 6.07. The van der Waals surface area contributed by atoms with Gasteiger partial charge in [0.05, 0.1) is 4.88 Å². The third-order valence-electron chi connectivity index (χ3n) is 2.80. The molecule has 0 spiro atoms. The molecule has 0 fully saturated rings. The molecule has 0 saturated carbocycles. The molecule has 2 aromatic heterocycles. The number of thiophene rings is 2. The van der Waals surface area contributed by atoms with E-state index in [0.29, 0.717) is 4.88 Å². The van der Waals surface area contributed by atoms with E-state index in [0.717, 1.165) is 19.6 Å². The number of nitrogens with two attached hydrogens (primary N) is 1. The van der Waals surface area contributed by atoms with Crippen LogP contribution in [-0.4, -0.2) is 17.4 Å². The lowest BCUT2D eigenvalue weighted by Crippen LogP contribution is -2.29. The Hall–Kier alpha value is -1.21. The summed E-state index contributed by atoms with van der Waals surface area (Å²) < 4.78 is 0. The highest BCUT2D eigenvalue weighted by atomic mass is 32.1. The normalized spacial score (nSPS) is 10.9. The number of amides is 1. The van der Waals surface area contributed by atoms with Gasteiger partial charge in [0, 0.05) is 22.8 Å². The summed E-state index contributed by atoms with van der Waals surface area (Å²) in [6, 6.07) is 8.03. The summed E-state index contributed by atoms with van der Waals surface area (Å²) in [7, 11) is 0. The van der Waals surface area contributed by atoms with E-state index in [1.54, 1.807) is 11.3 Å². The van der Waals surface area contributed by atoms with Crippen molar-refractivity contribution in [3.05, 3.63) is 44.3 Å². The lowest BCUT2D eigenvalue weighted by Gasteiger charge is -2.18. The Morgan fingerprint density at radius 3 is 2.74 bits per heavy atom. The van der Waals surface area contributed by atoms with Gasteiger partial charge in [-0.05, 0) is 30.1 Å². The largest absolute Gasteiger partial charge is 0.293 e. The van der Waals surface area contributed by atoms with E-state index in [9.17, 15) is 4.79 Å². The Labute approximate surface area is 120 Å². The van der Waals surface area contributed by atoms with Crippen molar-refractivity contribution in [3.63, 3.8) is 0 Å². The van der Waals surface area contributed by atoms with E-state index in [1.807, 2.05) is 12.1 Å². The van der Waals surface area contributed by atoms with Crippen LogP contribution in [-0.2, 0) is 13.1 Å². The van der Waals surface area contributed by atoms with E-state index in [2.05, 4.69) is 34.8 Å². The number of hydrogen-bond acceptors (Lipinski definition) is 5. The highest BCUT2D eigenvalue weighted by molar-refractivity contribution is 7.14. The predicted octanol–water partition coefficient (Wildman–Crippen LogP) is 2.44. The second-order valence-corrected chi connectivity index (χ2v) is 6.32. The standard InChI is InChI=1S/C13H17N3OS2/c1-2-16(8-10-4-3-7-18-10)9-11-5-6-12(19-11)13(17)15-14/h3-7H,2,8-9,14H2,1H3,(H,15,17). The molecule has 4 nitrogen and oxygen atoms in total. The number of nitrogen functional groups attached to an aromatic ring is 1. The maximum Gasteiger partial charge on any atom is 0.275 e. The minimum atomic E-state index is -0.224. The SMILES string of the molecule is CCN(Cc1cccs1)Cc1ccc(C(=O)NN)s1. The molecule has 102 valence electrons. The molecule has 2 rings (SSSR count). The molecule has 0 unspecified atom stereocenters. The zero-order valence-corrected chi connectivity index (χ0v) is 12.4. The first-order chi connectivity index (χ1) is 9.22. The summed E-state index contributed by atoms with van der Waals surface area (Å²) in [5, 5.41) is 2.10. The van der Waals surface area contributed by atoms with Gasteiger partial charge in [-0.2, -0.15) is 0 Å². The molecular formula is C13H17N3OS2. The van der Waals surface area contributed by atoms with Gasteiger partial charge >= 0.3 is 0 Å². The van der Waals surface area contributed by atoms with Gasteiger partial charge in [-0.3, -0.25) is 15.1 Å². The van der Waals surface area contributed by atoms with E-state index >= 15 is 0 Å². The monoisotopic (exact) mass is 295 g/mol. The summed E-state index contributed by atoms with van der Waals surface area (Å²) >= 11 is 3.26. The second-order valence-electron chi connectivity index (χ2n) is 4.12. The van der Waals surface area contributed by atoms with Gasteiger partial charge in [0.2, 0.25) is 0 Å². The molecule has 0 aliphatic carbocycles. The molecule has 0 aliphatic heterocycles. The number of nitrogens with one attached hydrogen (secondary N) is 1. The molecule has 0 saturated heterocycles. The van der Waals surface area contributed by atoms with Crippen molar-refractivity contribution in [1.82, 2.24) is 10.3 Å². The van der Waals surface area contributed by atoms with Crippen LogP contribution in [0.1, 0.15) is 26.3 Å². The van der Waals surface area contributed by atoms with Crippen molar-refractivity contribution in [1.29, 1.82) is 0 Å². The van der Waals surface area contributed by atoms with Crippen LogP contribution >= 0.6 is 22.7 Å². The lowest BCUT2D eigenvalue weighted by molar-refractivity contribution is 0.0957. The van der Waals surface area contributed by atoms with Crippen molar-refractivity contribution in [2.45, 2.75) is 20.0 Å². The van der Waals surface area contributed by atoms with Crippen molar-refractivity contribution in [2.24, 2.45) is 5.84 Å². The molecule has 0 aliphatic rings. The van der Waals surface area contributed by atoms with Gasteiger partial charge in [0.1, 0.15) is 0 Å². The Morgan fingerprint density at radius 1 is 1.32 bits per heavy atom. The van der Waals surface area contributed by atoms with Gasteiger partial charge < -0.3 is 0 Å². The number of rotatable bonds is 6. The summed E-state index contributed by atoms with van der Waals surface area (Å²) in [4.78, 5) is 16.9. The molecule has 1 amide bonds. The first-order valence-corrected chi connectivity index (χ1v) is 7.77. The fourth-order valence-electron chi connectivity index (χ4n) is 1.78. The zero-order valence-electron chi connectivity index (χ0n) is 10.8. The summed E-state index contributed by atoms with van der Waals surface area (Å²) in [6.07, 6.45) is 0. The Kier molecular flexibility index (Phi) is 5.09. The summed E-state index contributed by atoms with van der Waals surface area (Å²) in [5.74, 6) is 4.90. The fraction of sp³-hybridized carbons (Fsp3) is 0.308. The van der Waals surface area contributed by atoms with Crippen molar-refractivity contribution < 1.29 is 4.79 Å². The molecule has 0 aromatic carbocycles. The number of hydrogen-bond donors (Lipinski definition) is 2. The van der Waals surface area contributed by atoms with Crippen LogP contribution in [0.3, 0.4) is 0 Å². The minimum Gasteiger partial charge on any atom is -0.293 e. The van der Waals surface area contributed by atoms with Crippen molar-refractivity contribution >= 4 is 28.6 Å². The maximum atomic E-state index is 11.4. The number of carbonyl (C=O) groups is 1. The van der Waals surface area contributed by atoms with Gasteiger partial charge in [-0.1, -0.05) is 13.0 Å². The molecule has 0 radical (unpaired) electrons. The highest BCUT2D eigenvalue weighted by Gasteiger charge is 2.10. The average Bonchev–Trinajstić information content (AvgIpc) is 3.08. The van der Waals surface area contributed by atoms with Gasteiger partial charge in [-0.15, -0.1) is 22.7 Å². The van der Waals surface area contributed by atoms with Crippen LogP contribution in [0.4, 0.5) is 0 Å². The maximum absolute atomic E-state index is 11.4. The van der Waals surface area contributed by atoms with Crippen LogP contribution in [0.25, 0.3) is 0 Å². The van der Waals surface area contributed by atoms with Gasteiger partial charge in [0.25, 0.3) is 5.91 Å². The Bertz CT molecular complexity index is 522. The number of hydrazine groups is 1. The predicted molar refractivity (Wildman–Crippen MR) is 80.1 cm³/mol. The van der Waals surface area contributed by atoms with E-state index in [1.165, 1.54) is 21.1 Å². The molecule has 3 N–H and O–H groups in total. The number of carbonyl (C=O) groups excluding carboxylic acids is 1. The second kappa shape index (κ2) is 6.81. The van der Waals surface area contributed by atoms with Gasteiger partial charge in [0.15, 0.2) is 0 Å². The number of nitrogens with zero attached hydrogens (tertiary/aromatic N) is 1. The quantitative estimate of drug-likeness (QED) is 0.489. The van der Waals surface area contributed by atoms with Crippen LogP contribution in [0, 0.1) is 0 Å². The van der Waals surface area contributed by atoms with Crippen molar-refractivity contribution in [3.8, 4) is 0 Å². The third kappa shape index (κ3) is 3.87. The molecule has 6 heteroatoms. The lowest BCUT2D eigenvalue weighted by atomic mass is 10.3. The topological polar surface area (TPSA) is 58.4 Å². The third-order valence-corrected chi connectivity index (χ3v) is 4.73. The molecule has 19 heavy (non-hydrogen) atoms. The zero-order chi connectivity index (χ0) is 13.7. The summed E-state index contributed by atoms with van der Waals surface area (Å²) in [5.41, 5.74) is 2.16. The fourth-order valence-corrected chi connectivity index (χ4v) is 3.48.